The third-order valence-electron chi connectivity index (χ3n) is 5.44. The monoisotopic (exact) mass is 431 g/mol. The van der Waals surface area contributed by atoms with Crippen LogP contribution in [-0.2, 0) is 21.4 Å². The summed E-state index contributed by atoms with van der Waals surface area (Å²) < 4.78 is 27.5. The largest absolute Gasteiger partial charge is 0.352 e. The molecule has 2 aromatic carbocycles. The van der Waals surface area contributed by atoms with Crippen LogP contribution in [0.1, 0.15) is 31.2 Å². The lowest BCUT2D eigenvalue weighted by atomic mass is 9.81. The minimum Gasteiger partial charge on any atom is -0.352 e. The zero-order valence-electron chi connectivity index (χ0n) is 16.5. The maximum absolute atomic E-state index is 12.5. The number of carbonyl (C=O) groups is 1. The van der Waals surface area contributed by atoms with Gasteiger partial charge in [0.05, 0.1) is 4.92 Å². The van der Waals surface area contributed by atoms with E-state index in [2.05, 4.69) is 10.0 Å². The molecule has 160 valence electrons. The van der Waals surface area contributed by atoms with Crippen molar-refractivity contribution in [1.29, 1.82) is 0 Å². The first-order chi connectivity index (χ1) is 14.4. The van der Waals surface area contributed by atoms with Crippen molar-refractivity contribution in [2.45, 2.75) is 37.1 Å². The van der Waals surface area contributed by atoms with Crippen LogP contribution >= 0.6 is 0 Å². The smallest absolute Gasteiger partial charge is 0.289 e. The summed E-state index contributed by atoms with van der Waals surface area (Å²) in [5.74, 6) is 0.0512. The number of hydrogen-bond donors (Lipinski definition) is 2. The second-order valence-electron chi connectivity index (χ2n) is 7.50. The highest BCUT2D eigenvalue weighted by Gasteiger charge is 2.29. The van der Waals surface area contributed by atoms with E-state index in [9.17, 15) is 23.3 Å². The Bertz CT molecular complexity index is 987. The van der Waals surface area contributed by atoms with Gasteiger partial charge in [-0.2, -0.15) is 0 Å². The van der Waals surface area contributed by atoms with Crippen molar-refractivity contribution < 1.29 is 18.1 Å². The van der Waals surface area contributed by atoms with Gasteiger partial charge in [-0.15, -0.1) is 0 Å². The summed E-state index contributed by atoms with van der Waals surface area (Å²) in [5, 5.41) is 14.1. The quantitative estimate of drug-likeness (QED) is 0.492. The van der Waals surface area contributed by atoms with Crippen LogP contribution in [-0.4, -0.2) is 25.8 Å². The van der Waals surface area contributed by atoms with Gasteiger partial charge in [0.15, 0.2) is 4.90 Å². The van der Waals surface area contributed by atoms with Crippen molar-refractivity contribution in [3.63, 3.8) is 0 Å². The number of nitro benzene ring substituents is 1. The molecule has 0 heterocycles. The van der Waals surface area contributed by atoms with Crippen molar-refractivity contribution >= 4 is 21.6 Å². The molecular weight excluding hydrogens is 406 g/mol. The number of amides is 1. The molecule has 1 aliphatic rings. The summed E-state index contributed by atoms with van der Waals surface area (Å²) in [7, 11) is -3.98. The molecule has 0 spiro atoms. The van der Waals surface area contributed by atoms with Gasteiger partial charge in [0.2, 0.25) is 15.9 Å². The standard InChI is InChI=1S/C21H25N3O5S/c25-21(22-14-16-6-2-1-3-7-16)18-12-10-17(11-13-18)15-23-30(28,29)20-9-5-4-8-19(20)24(26)27/h1-9,17-18,23H,10-15H2,(H,22,25). The van der Waals surface area contributed by atoms with Crippen LogP contribution in [0.5, 0.6) is 0 Å². The van der Waals surface area contributed by atoms with E-state index < -0.39 is 20.6 Å². The van der Waals surface area contributed by atoms with E-state index >= 15 is 0 Å². The highest BCUT2D eigenvalue weighted by Crippen LogP contribution is 2.29. The Morgan fingerprint density at radius 1 is 1.00 bits per heavy atom. The molecule has 2 N–H and O–H groups in total. The SMILES string of the molecule is O=C(NCc1ccccc1)C1CCC(CNS(=O)(=O)c2ccccc2[N+](=O)[O-])CC1. The topological polar surface area (TPSA) is 118 Å². The Kier molecular flexibility index (Phi) is 7.17. The molecular formula is C21H25N3O5S. The summed E-state index contributed by atoms with van der Waals surface area (Å²) in [4.78, 5) is 22.5. The Morgan fingerprint density at radius 2 is 1.63 bits per heavy atom. The van der Waals surface area contributed by atoms with E-state index in [1.807, 2.05) is 30.3 Å². The molecule has 0 atom stereocenters. The molecule has 1 fully saturated rings. The van der Waals surface area contributed by atoms with Crippen LogP contribution in [0.15, 0.2) is 59.5 Å². The average Bonchev–Trinajstić information content (AvgIpc) is 2.77. The lowest BCUT2D eigenvalue weighted by Gasteiger charge is -2.27. The molecule has 9 heteroatoms. The third kappa shape index (κ3) is 5.64. The molecule has 0 aliphatic heterocycles. The van der Waals surface area contributed by atoms with E-state index in [0.717, 1.165) is 18.4 Å². The van der Waals surface area contributed by atoms with Crippen molar-refractivity contribution in [2.75, 3.05) is 6.54 Å². The molecule has 0 saturated heterocycles. The van der Waals surface area contributed by atoms with Gasteiger partial charge in [-0.25, -0.2) is 13.1 Å². The van der Waals surface area contributed by atoms with E-state index in [-0.39, 0.29) is 29.2 Å². The summed E-state index contributed by atoms with van der Waals surface area (Å²) in [6.07, 6.45) is 2.84. The number of hydrogen-bond acceptors (Lipinski definition) is 5. The van der Waals surface area contributed by atoms with Crippen LogP contribution in [0, 0.1) is 22.0 Å². The zero-order chi connectivity index (χ0) is 21.6. The molecule has 3 rings (SSSR count). The van der Waals surface area contributed by atoms with Gasteiger partial charge in [0, 0.05) is 25.1 Å². The average molecular weight is 432 g/mol. The van der Waals surface area contributed by atoms with Gasteiger partial charge in [0.1, 0.15) is 0 Å². The minimum absolute atomic E-state index is 0.0257. The second-order valence-corrected chi connectivity index (χ2v) is 9.23. The molecule has 0 bridgehead atoms. The fourth-order valence-corrected chi connectivity index (χ4v) is 4.98. The summed E-state index contributed by atoms with van der Waals surface area (Å²) >= 11 is 0. The van der Waals surface area contributed by atoms with Crippen molar-refractivity contribution in [3.8, 4) is 0 Å². The van der Waals surface area contributed by atoms with Gasteiger partial charge in [-0.05, 0) is 43.2 Å². The Hall–Kier alpha value is -2.78. The first-order valence-electron chi connectivity index (χ1n) is 9.91. The number of nitrogens with one attached hydrogen (secondary N) is 2. The number of carbonyl (C=O) groups excluding carboxylic acids is 1. The number of para-hydroxylation sites is 1. The van der Waals surface area contributed by atoms with Crippen LogP contribution < -0.4 is 10.0 Å². The molecule has 0 aromatic heterocycles. The molecule has 1 amide bonds. The minimum atomic E-state index is -3.98. The lowest BCUT2D eigenvalue weighted by Crippen LogP contribution is -2.36. The molecule has 1 aliphatic carbocycles. The Balaban J connectivity index is 1.48. The number of benzene rings is 2. The fourth-order valence-electron chi connectivity index (χ4n) is 3.70. The van der Waals surface area contributed by atoms with E-state index in [1.165, 1.54) is 24.3 Å². The van der Waals surface area contributed by atoms with Crippen LogP contribution in [0.25, 0.3) is 0 Å². The van der Waals surface area contributed by atoms with Gasteiger partial charge in [0.25, 0.3) is 5.69 Å². The van der Waals surface area contributed by atoms with E-state index in [1.54, 1.807) is 0 Å². The Labute approximate surface area is 175 Å². The van der Waals surface area contributed by atoms with Crippen LogP contribution in [0.3, 0.4) is 0 Å². The number of rotatable bonds is 8. The molecule has 0 radical (unpaired) electrons. The highest BCUT2D eigenvalue weighted by atomic mass is 32.2. The van der Waals surface area contributed by atoms with Gasteiger partial charge in [-0.3, -0.25) is 14.9 Å². The summed E-state index contributed by atoms with van der Waals surface area (Å²) in [5.41, 5.74) is 0.604. The first-order valence-corrected chi connectivity index (χ1v) is 11.4. The normalized spacial score (nSPS) is 19.2. The first kappa shape index (κ1) is 21.9. The van der Waals surface area contributed by atoms with E-state index in [4.69, 9.17) is 0 Å². The van der Waals surface area contributed by atoms with Crippen molar-refractivity contribution in [3.05, 3.63) is 70.3 Å². The Morgan fingerprint density at radius 3 is 2.30 bits per heavy atom. The van der Waals surface area contributed by atoms with Gasteiger partial charge >= 0.3 is 0 Å². The number of nitro groups is 1. The number of sulfonamides is 1. The lowest BCUT2D eigenvalue weighted by molar-refractivity contribution is -0.387. The van der Waals surface area contributed by atoms with Gasteiger partial charge in [-0.1, -0.05) is 42.5 Å². The summed E-state index contributed by atoms with van der Waals surface area (Å²) in [6.45, 7) is 0.696. The molecule has 2 aromatic rings. The van der Waals surface area contributed by atoms with Crippen LogP contribution in [0.4, 0.5) is 5.69 Å². The number of nitrogens with zero attached hydrogens (tertiary/aromatic N) is 1. The van der Waals surface area contributed by atoms with Crippen molar-refractivity contribution in [2.24, 2.45) is 11.8 Å². The molecule has 8 nitrogen and oxygen atoms in total. The van der Waals surface area contributed by atoms with Gasteiger partial charge < -0.3 is 5.32 Å². The maximum atomic E-state index is 12.5. The summed E-state index contributed by atoms with van der Waals surface area (Å²) in [6, 6.07) is 15.0. The highest BCUT2D eigenvalue weighted by molar-refractivity contribution is 7.89. The zero-order valence-corrected chi connectivity index (χ0v) is 17.3. The predicted octanol–water partition coefficient (Wildman–Crippen LogP) is 3.00. The molecule has 1 saturated carbocycles. The predicted molar refractivity (Wildman–Crippen MR) is 112 cm³/mol. The molecule has 0 unspecified atom stereocenters. The van der Waals surface area contributed by atoms with E-state index in [0.29, 0.717) is 19.4 Å². The fraction of sp³-hybridized carbons (Fsp3) is 0.381. The van der Waals surface area contributed by atoms with Crippen molar-refractivity contribution in [1.82, 2.24) is 10.0 Å². The third-order valence-corrected chi connectivity index (χ3v) is 6.91. The van der Waals surface area contributed by atoms with Crippen LogP contribution in [0.2, 0.25) is 0 Å². The second kappa shape index (κ2) is 9.82. The maximum Gasteiger partial charge on any atom is 0.289 e. The molecule has 30 heavy (non-hydrogen) atoms.